The first kappa shape index (κ1) is 30.3. The molecule has 8 aromatic rings. The maximum absolute atomic E-state index is 11.6. The maximum atomic E-state index is 11.6. The molecule has 1 aliphatic carbocycles. The Morgan fingerprint density at radius 1 is 0.608 bits per heavy atom. The lowest BCUT2D eigenvalue weighted by atomic mass is 9.82. The second kappa shape index (κ2) is 12.3. The number of nitrogens with one attached hydrogen (secondary N) is 1. The van der Waals surface area contributed by atoms with E-state index in [1.54, 1.807) is 12.3 Å². The number of amides is 1. The Hall–Kier alpha value is -6.72. The van der Waals surface area contributed by atoms with Crippen molar-refractivity contribution in [3.05, 3.63) is 157 Å². The van der Waals surface area contributed by atoms with Gasteiger partial charge in [0.25, 0.3) is 0 Å². The first-order valence-corrected chi connectivity index (χ1v) is 17.1. The molecule has 0 atom stereocenters. The predicted molar refractivity (Wildman–Crippen MR) is 211 cm³/mol. The summed E-state index contributed by atoms with van der Waals surface area (Å²) in [6.07, 6.45) is 1.77. The predicted octanol–water partition coefficient (Wildman–Crippen LogP) is 11.4. The molecule has 0 saturated heterocycles. The van der Waals surface area contributed by atoms with E-state index in [4.69, 9.17) is 9.98 Å². The zero-order valence-electron chi connectivity index (χ0n) is 28.2. The molecule has 0 bridgehead atoms. The van der Waals surface area contributed by atoms with E-state index >= 15 is 0 Å². The maximum Gasteiger partial charge on any atom is 0.222 e. The molecule has 1 amide bonds. The molecule has 0 spiro atoms. The number of aryl methyl sites for hydroxylation is 1. The number of benzene rings is 6. The van der Waals surface area contributed by atoms with Crippen LogP contribution in [0.2, 0.25) is 0 Å². The number of aromatic nitrogens is 2. The van der Waals surface area contributed by atoms with E-state index in [0.29, 0.717) is 17.2 Å². The molecule has 51 heavy (non-hydrogen) atoms. The van der Waals surface area contributed by atoms with Gasteiger partial charge >= 0.3 is 0 Å². The molecule has 0 unspecified atom stereocenters. The van der Waals surface area contributed by atoms with Crippen LogP contribution in [-0.4, -0.2) is 22.1 Å². The summed E-state index contributed by atoms with van der Waals surface area (Å²) in [6.45, 7) is 3.49. The van der Waals surface area contributed by atoms with E-state index in [0.717, 1.165) is 22.2 Å². The summed E-state index contributed by atoms with van der Waals surface area (Å²) in [6, 6.07) is 51.4. The van der Waals surface area contributed by atoms with Crippen LogP contribution in [0.1, 0.15) is 18.2 Å². The molecule has 0 saturated carbocycles. The number of aliphatic imine (C=N–C) groups is 1. The number of pyridine rings is 2. The molecule has 2 heterocycles. The third kappa shape index (κ3) is 5.36. The second-order valence-electron chi connectivity index (χ2n) is 13.0. The molecule has 5 heteroatoms. The van der Waals surface area contributed by atoms with Crippen molar-refractivity contribution in [3.8, 4) is 55.6 Å². The van der Waals surface area contributed by atoms with Crippen LogP contribution in [0.3, 0.4) is 0 Å². The first-order valence-electron chi connectivity index (χ1n) is 17.1. The fourth-order valence-electron chi connectivity index (χ4n) is 7.45. The molecule has 1 aliphatic rings. The van der Waals surface area contributed by atoms with Gasteiger partial charge in [0.1, 0.15) is 5.82 Å². The molecule has 0 aliphatic heterocycles. The van der Waals surface area contributed by atoms with Gasteiger partial charge in [0, 0.05) is 12.3 Å². The average molecular weight is 657 g/mol. The van der Waals surface area contributed by atoms with Crippen LogP contribution < -0.4 is 5.32 Å². The summed E-state index contributed by atoms with van der Waals surface area (Å²) < 4.78 is 0. The smallest absolute Gasteiger partial charge is 0.222 e. The molecule has 5 nitrogen and oxygen atoms in total. The molecular weight excluding hydrogens is 625 g/mol. The van der Waals surface area contributed by atoms with Crippen LogP contribution >= 0.6 is 0 Å². The summed E-state index contributed by atoms with van der Waals surface area (Å²) in [5.74, 6) is 0.304. The SMILES string of the molecule is CC(=O)Nc1ccc2c(C)cc(C=Nc3ccc(-c4cc(-c5ccccc5)c5c(c4-c4ccccc4)-c4cccc6cccc-5c46)cc3)nc2n1. The van der Waals surface area contributed by atoms with Crippen LogP contribution in [0.4, 0.5) is 11.5 Å². The fourth-order valence-corrected chi connectivity index (χ4v) is 7.45. The van der Waals surface area contributed by atoms with Gasteiger partial charge in [-0.15, -0.1) is 0 Å². The molecule has 6 aromatic carbocycles. The van der Waals surface area contributed by atoms with Crippen molar-refractivity contribution in [1.29, 1.82) is 0 Å². The number of nitrogens with zero attached hydrogens (tertiary/aromatic N) is 3. The highest BCUT2D eigenvalue weighted by Gasteiger charge is 2.30. The highest BCUT2D eigenvalue weighted by Crippen LogP contribution is 2.57. The number of anilines is 1. The Morgan fingerprint density at radius 3 is 1.96 bits per heavy atom. The van der Waals surface area contributed by atoms with Crippen molar-refractivity contribution in [2.75, 3.05) is 5.32 Å². The number of fused-ring (bicyclic) bond motifs is 4. The van der Waals surface area contributed by atoms with E-state index in [-0.39, 0.29) is 5.91 Å². The fraction of sp³-hybridized carbons (Fsp3) is 0.0435. The second-order valence-corrected chi connectivity index (χ2v) is 13.0. The number of carbonyl (C=O) groups excluding carboxylic acids is 1. The van der Waals surface area contributed by atoms with E-state index < -0.39 is 0 Å². The van der Waals surface area contributed by atoms with Gasteiger partial charge in [-0.1, -0.05) is 109 Å². The number of rotatable bonds is 6. The molecular formula is C46H32N4O. The molecule has 1 N–H and O–H groups in total. The van der Waals surface area contributed by atoms with Crippen molar-refractivity contribution >= 4 is 45.4 Å². The lowest BCUT2D eigenvalue weighted by Gasteiger charge is -2.21. The Balaban J connectivity index is 1.18. The van der Waals surface area contributed by atoms with Crippen LogP contribution in [0, 0.1) is 6.92 Å². The molecule has 242 valence electrons. The van der Waals surface area contributed by atoms with E-state index in [9.17, 15) is 4.79 Å². The minimum absolute atomic E-state index is 0.172. The van der Waals surface area contributed by atoms with Gasteiger partial charge in [-0.3, -0.25) is 9.79 Å². The van der Waals surface area contributed by atoms with Gasteiger partial charge in [0.15, 0.2) is 5.65 Å². The quantitative estimate of drug-likeness (QED) is 0.181. The zero-order valence-corrected chi connectivity index (χ0v) is 28.2. The van der Waals surface area contributed by atoms with Crippen molar-refractivity contribution < 1.29 is 4.79 Å². The third-order valence-electron chi connectivity index (χ3n) is 9.65. The molecule has 2 aromatic heterocycles. The van der Waals surface area contributed by atoms with Gasteiger partial charge in [0.05, 0.1) is 17.6 Å². The van der Waals surface area contributed by atoms with Crippen molar-refractivity contribution in [2.24, 2.45) is 4.99 Å². The summed E-state index contributed by atoms with van der Waals surface area (Å²) in [5, 5.41) is 6.24. The molecule has 9 rings (SSSR count). The lowest BCUT2D eigenvalue weighted by Crippen LogP contribution is -2.07. The largest absolute Gasteiger partial charge is 0.311 e. The lowest BCUT2D eigenvalue weighted by molar-refractivity contribution is -0.114. The number of carbonyl (C=O) groups is 1. The van der Waals surface area contributed by atoms with Crippen LogP contribution in [0.25, 0.3) is 77.4 Å². The van der Waals surface area contributed by atoms with Crippen molar-refractivity contribution in [1.82, 2.24) is 9.97 Å². The summed E-state index contributed by atoms with van der Waals surface area (Å²) in [4.78, 5) is 25.6. The highest BCUT2D eigenvalue weighted by atomic mass is 16.1. The van der Waals surface area contributed by atoms with Crippen LogP contribution in [-0.2, 0) is 4.79 Å². The first-order chi connectivity index (χ1) is 25.0. The van der Waals surface area contributed by atoms with Crippen LogP contribution in [0.5, 0.6) is 0 Å². The van der Waals surface area contributed by atoms with E-state index in [1.165, 1.54) is 67.8 Å². The zero-order chi connectivity index (χ0) is 34.5. The van der Waals surface area contributed by atoms with Gasteiger partial charge in [-0.25, -0.2) is 9.97 Å². The Kier molecular flexibility index (Phi) is 7.32. The van der Waals surface area contributed by atoms with E-state index in [2.05, 4.69) is 138 Å². The monoisotopic (exact) mass is 656 g/mol. The van der Waals surface area contributed by atoms with Gasteiger partial charge < -0.3 is 5.32 Å². The Morgan fingerprint density at radius 2 is 1.25 bits per heavy atom. The third-order valence-corrected chi connectivity index (χ3v) is 9.65. The summed E-state index contributed by atoms with van der Waals surface area (Å²) >= 11 is 0. The van der Waals surface area contributed by atoms with Crippen molar-refractivity contribution in [2.45, 2.75) is 13.8 Å². The summed E-state index contributed by atoms with van der Waals surface area (Å²) in [7, 11) is 0. The van der Waals surface area contributed by atoms with Crippen molar-refractivity contribution in [3.63, 3.8) is 0 Å². The number of hydrogen-bond donors (Lipinski definition) is 1. The van der Waals surface area contributed by atoms with Gasteiger partial charge in [-0.2, -0.15) is 0 Å². The average Bonchev–Trinajstić information content (AvgIpc) is 3.49. The normalized spacial score (nSPS) is 11.7. The highest BCUT2D eigenvalue weighted by molar-refractivity contribution is 6.22. The van der Waals surface area contributed by atoms with E-state index in [1.807, 2.05) is 19.1 Å². The minimum Gasteiger partial charge on any atom is -0.311 e. The Labute approximate surface area is 296 Å². The molecule has 0 fully saturated rings. The van der Waals surface area contributed by atoms with Crippen LogP contribution in [0.15, 0.2) is 151 Å². The minimum atomic E-state index is -0.172. The molecule has 0 radical (unpaired) electrons. The number of hydrogen-bond acceptors (Lipinski definition) is 4. The van der Waals surface area contributed by atoms with Gasteiger partial charge in [0.2, 0.25) is 5.91 Å². The summed E-state index contributed by atoms with van der Waals surface area (Å²) in [5.41, 5.74) is 15.4. The topological polar surface area (TPSA) is 67.2 Å². The Bertz CT molecular complexity index is 2680. The standard InChI is InChI=1S/C46H32N4O/c1-28-25-35(49-46-36(28)23-24-41(50-46)48-29(2)51)27-47-34-21-19-31(20-22-34)39-26-40(30-11-5-3-6-12-30)44-37-17-9-15-32-16-10-18-38(42(32)37)45(44)43(39)33-13-7-4-8-14-33/h3-27H,1-2H3,(H,48,49,50,51). The van der Waals surface area contributed by atoms with Gasteiger partial charge in [-0.05, 0) is 115 Å².